The number of hydrogen-bond donors (Lipinski definition) is 5. The lowest BCUT2D eigenvalue weighted by atomic mass is 10.0. The van der Waals surface area contributed by atoms with Crippen molar-refractivity contribution in [3.8, 4) is 0 Å². The van der Waals surface area contributed by atoms with Gasteiger partial charge in [0, 0.05) is 12.3 Å². The topological polar surface area (TPSA) is 218 Å². The second-order valence-electron chi connectivity index (χ2n) is 4.23. The Labute approximate surface area is 139 Å². The molecule has 1 aromatic carbocycles. The first-order chi connectivity index (χ1) is 11.7. The fraction of sp³-hybridized carbons (Fsp3) is 0. The number of hydrogen-bond acceptors (Lipinski definition) is 8. The summed E-state index contributed by atoms with van der Waals surface area (Å²) in [5.74, 6) is -1.61. The van der Waals surface area contributed by atoms with Gasteiger partial charge in [-0.05, 0) is 11.6 Å². The molecule has 7 N–H and O–H groups in total. The summed E-state index contributed by atoms with van der Waals surface area (Å²) in [6, 6.07) is 1.10. The summed E-state index contributed by atoms with van der Waals surface area (Å²) in [5.41, 5.74) is 14.1. The normalized spacial score (nSPS) is 11.0. The summed E-state index contributed by atoms with van der Waals surface area (Å²) in [4.78, 5) is 43.0. The molecule has 13 nitrogen and oxygen atoms in total. The number of ketones is 1. The fourth-order valence-corrected chi connectivity index (χ4v) is 1.52. The van der Waals surface area contributed by atoms with E-state index in [9.17, 15) is 29.6 Å². The van der Waals surface area contributed by atoms with Crippen LogP contribution in [0.5, 0.6) is 0 Å². The predicted octanol–water partition coefficient (Wildman–Crippen LogP) is -1.74. The maximum atomic E-state index is 11.9. The number of amides is 4. The Bertz CT molecular complexity index is 773. The third-order valence-electron chi connectivity index (χ3n) is 2.50. The number of carbonyl (C=O) groups excluding carboxylic acids is 3. The number of Topliss-reactive ketones (excluding diaryl/α,β-unsaturated/α-hetero) is 1. The van der Waals surface area contributed by atoms with Gasteiger partial charge in [0.25, 0.3) is 5.69 Å². The number of nitro benzene ring substituents is 1. The molecule has 25 heavy (non-hydrogen) atoms. The quantitative estimate of drug-likeness (QED) is 0.125. The average molecular weight is 350 g/mol. The number of benzene rings is 1. The number of hydrazone groups is 1. The van der Waals surface area contributed by atoms with Crippen LogP contribution in [-0.4, -0.2) is 29.0 Å². The highest BCUT2D eigenvalue weighted by atomic mass is 16.6. The monoisotopic (exact) mass is 350 g/mol. The summed E-state index contributed by atoms with van der Waals surface area (Å²) in [6.45, 7) is 0. The molecule has 0 saturated carbocycles. The molecule has 0 aromatic heterocycles. The van der Waals surface area contributed by atoms with Crippen LogP contribution in [0.2, 0.25) is 0 Å². The van der Waals surface area contributed by atoms with Crippen LogP contribution in [0.4, 0.5) is 15.3 Å². The summed E-state index contributed by atoms with van der Waals surface area (Å²) < 4.78 is 0. The van der Waals surface area contributed by atoms with Crippen LogP contribution < -0.4 is 32.9 Å². The van der Waals surface area contributed by atoms with Crippen molar-refractivity contribution in [3.05, 3.63) is 45.6 Å². The Morgan fingerprint density at radius 1 is 1.20 bits per heavy atom. The SMILES string of the molecule is NC(=O)NN=CC(=O)c1ccc(C([O-])=CNNC(N)=O)cc1[N+](=O)[O-]. The minimum atomic E-state index is -1.02. The van der Waals surface area contributed by atoms with E-state index >= 15 is 0 Å². The zero-order valence-electron chi connectivity index (χ0n) is 12.4. The van der Waals surface area contributed by atoms with E-state index in [1.807, 2.05) is 5.43 Å². The number of nitro groups is 1. The van der Waals surface area contributed by atoms with Crippen LogP contribution in [-0.2, 0) is 0 Å². The third-order valence-corrected chi connectivity index (χ3v) is 2.50. The Kier molecular flexibility index (Phi) is 6.40. The van der Waals surface area contributed by atoms with E-state index in [0.29, 0.717) is 6.21 Å². The number of primary amides is 2. The second-order valence-corrected chi connectivity index (χ2v) is 4.23. The molecule has 1 rings (SSSR count). The van der Waals surface area contributed by atoms with Gasteiger partial charge in [-0.15, -0.1) is 0 Å². The Balaban J connectivity index is 3.09. The molecular weight excluding hydrogens is 338 g/mol. The molecule has 132 valence electrons. The van der Waals surface area contributed by atoms with Gasteiger partial charge in [-0.1, -0.05) is 11.8 Å². The van der Waals surface area contributed by atoms with E-state index in [-0.39, 0.29) is 11.1 Å². The molecular formula is C12H12N7O6-. The number of carbonyl (C=O) groups is 3. The van der Waals surface area contributed by atoms with Crippen LogP contribution in [0, 0.1) is 10.1 Å². The number of nitrogens with zero attached hydrogens (tertiary/aromatic N) is 2. The lowest BCUT2D eigenvalue weighted by Crippen LogP contribution is -2.38. The Morgan fingerprint density at radius 2 is 1.88 bits per heavy atom. The molecule has 13 heteroatoms. The molecule has 0 unspecified atom stereocenters. The molecule has 0 heterocycles. The molecule has 0 fully saturated rings. The lowest BCUT2D eigenvalue weighted by molar-refractivity contribution is -0.385. The van der Waals surface area contributed by atoms with Crippen molar-refractivity contribution >= 4 is 35.5 Å². The van der Waals surface area contributed by atoms with Gasteiger partial charge in [-0.25, -0.2) is 15.0 Å². The highest BCUT2D eigenvalue weighted by molar-refractivity contribution is 6.36. The van der Waals surface area contributed by atoms with Crippen molar-refractivity contribution in [1.82, 2.24) is 16.3 Å². The lowest BCUT2D eigenvalue weighted by Gasteiger charge is -2.13. The number of rotatable bonds is 7. The van der Waals surface area contributed by atoms with Crippen LogP contribution in [0.15, 0.2) is 29.5 Å². The Morgan fingerprint density at radius 3 is 2.44 bits per heavy atom. The standard InChI is InChI=1S/C12H13N7O6/c13-11(22)17-15-4-9(20)6-1-2-7(8(3-6)19(24)25)10(21)5-16-18-12(14)23/h1-5,15,20H,(H3,13,17,22)(H3,14,18,23)/p-1. The smallest absolute Gasteiger partial charge is 0.332 e. The van der Waals surface area contributed by atoms with Gasteiger partial charge < -0.3 is 22.0 Å². The molecule has 0 aliphatic rings. The molecule has 0 spiro atoms. The fourth-order valence-electron chi connectivity index (χ4n) is 1.52. The summed E-state index contributed by atoms with van der Waals surface area (Å²) in [5, 5.41) is 26.1. The second kappa shape index (κ2) is 8.47. The number of urea groups is 2. The van der Waals surface area contributed by atoms with E-state index in [1.54, 1.807) is 5.43 Å². The maximum Gasteiger partial charge on any atom is 0.332 e. The molecule has 0 atom stereocenters. The first-order valence-electron chi connectivity index (χ1n) is 6.32. The van der Waals surface area contributed by atoms with E-state index in [1.165, 1.54) is 0 Å². The van der Waals surface area contributed by atoms with Crippen LogP contribution >= 0.6 is 0 Å². The molecule has 0 aliphatic heterocycles. The number of nitrogens with one attached hydrogen (secondary N) is 3. The minimum Gasteiger partial charge on any atom is -0.871 e. The van der Waals surface area contributed by atoms with Crippen molar-refractivity contribution in [2.45, 2.75) is 0 Å². The predicted molar refractivity (Wildman–Crippen MR) is 82.5 cm³/mol. The van der Waals surface area contributed by atoms with Gasteiger partial charge in [0.2, 0.25) is 5.78 Å². The molecule has 1 aromatic rings. The van der Waals surface area contributed by atoms with Gasteiger partial charge >= 0.3 is 12.1 Å². The number of hydrazine groups is 1. The van der Waals surface area contributed by atoms with Crippen LogP contribution in [0.1, 0.15) is 15.9 Å². The summed E-state index contributed by atoms with van der Waals surface area (Å²) in [6.07, 6.45) is 1.43. The van der Waals surface area contributed by atoms with Gasteiger partial charge in [0.15, 0.2) is 0 Å². The van der Waals surface area contributed by atoms with E-state index < -0.39 is 34.2 Å². The zero-order valence-corrected chi connectivity index (χ0v) is 12.4. The van der Waals surface area contributed by atoms with Crippen molar-refractivity contribution in [2.75, 3.05) is 0 Å². The third kappa shape index (κ3) is 5.85. The number of nitrogens with two attached hydrogens (primary N) is 2. The van der Waals surface area contributed by atoms with Crippen molar-refractivity contribution in [3.63, 3.8) is 0 Å². The summed E-state index contributed by atoms with van der Waals surface area (Å²) >= 11 is 0. The molecule has 0 aliphatic carbocycles. The van der Waals surface area contributed by atoms with Crippen LogP contribution in [0.25, 0.3) is 5.76 Å². The van der Waals surface area contributed by atoms with Gasteiger partial charge in [0.1, 0.15) is 5.56 Å². The van der Waals surface area contributed by atoms with E-state index in [2.05, 4.69) is 10.5 Å². The van der Waals surface area contributed by atoms with Crippen molar-refractivity contribution in [1.29, 1.82) is 0 Å². The van der Waals surface area contributed by atoms with E-state index in [4.69, 9.17) is 11.5 Å². The molecule has 4 amide bonds. The van der Waals surface area contributed by atoms with Crippen LogP contribution in [0.3, 0.4) is 0 Å². The van der Waals surface area contributed by atoms with Gasteiger partial charge in [-0.2, -0.15) is 5.10 Å². The zero-order chi connectivity index (χ0) is 19.0. The largest absolute Gasteiger partial charge is 0.871 e. The van der Waals surface area contributed by atoms with Crippen molar-refractivity contribution < 1.29 is 24.4 Å². The summed E-state index contributed by atoms with van der Waals surface area (Å²) in [7, 11) is 0. The first-order valence-corrected chi connectivity index (χ1v) is 6.32. The van der Waals surface area contributed by atoms with E-state index in [0.717, 1.165) is 24.4 Å². The maximum absolute atomic E-state index is 11.9. The molecule has 0 bridgehead atoms. The Hall–Kier alpha value is -4.16. The highest BCUT2D eigenvalue weighted by Gasteiger charge is 2.19. The average Bonchev–Trinajstić information content (AvgIpc) is 2.53. The minimum absolute atomic E-state index is 0.130. The van der Waals surface area contributed by atoms with Crippen molar-refractivity contribution in [2.24, 2.45) is 16.6 Å². The first kappa shape index (κ1) is 18.9. The highest BCUT2D eigenvalue weighted by Crippen LogP contribution is 2.22. The van der Waals surface area contributed by atoms with Gasteiger partial charge in [0.05, 0.1) is 11.1 Å². The molecule has 0 radical (unpaired) electrons. The van der Waals surface area contributed by atoms with Gasteiger partial charge in [-0.3, -0.25) is 20.3 Å². The molecule has 0 saturated heterocycles.